The first-order valence-corrected chi connectivity index (χ1v) is 13.9. The summed E-state index contributed by atoms with van der Waals surface area (Å²) >= 11 is 8.51. The third-order valence-corrected chi connectivity index (χ3v) is 10.0. The molecule has 0 saturated carbocycles. The summed E-state index contributed by atoms with van der Waals surface area (Å²) in [6, 6.07) is 8.89. The number of thioether (sulfide) groups is 2. The minimum Gasteiger partial charge on any atom is -0.330 e. The summed E-state index contributed by atoms with van der Waals surface area (Å²) in [6.07, 6.45) is 1.70. The zero-order chi connectivity index (χ0) is 22.4. The number of rotatable bonds is 12. The van der Waals surface area contributed by atoms with Crippen molar-refractivity contribution >= 4 is 67.3 Å². The van der Waals surface area contributed by atoms with Crippen LogP contribution in [-0.2, 0) is 12.8 Å². The van der Waals surface area contributed by atoms with Crippen LogP contribution in [0.2, 0.25) is 0 Å². The molecule has 0 unspecified atom stereocenters. The molecule has 3 aromatic rings. The smallest absolute Gasteiger partial charge is 0.0482 e. The molecule has 0 spiro atoms. The first kappa shape index (κ1) is 24.3. The van der Waals surface area contributed by atoms with E-state index in [9.17, 15) is 0 Å². The van der Waals surface area contributed by atoms with Crippen LogP contribution in [0.1, 0.15) is 20.9 Å². The van der Waals surface area contributed by atoms with Crippen molar-refractivity contribution in [2.75, 3.05) is 13.1 Å². The fourth-order valence-corrected chi connectivity index (χ4v) is 7.87. The van der Waals surface area contributed by atoms with Crippen molar-refractivity contribution in [2.45, 2.75) is 12.8 Å². The van der Waals surface area contributed by atoms with Gasteiger partial charge in [-0.05, 0) is 72.1 Å². The third-order valence-electron chi connectivity index (χ3n) is 4.50. The first-order valence-electron chi connectivity index (χ1n) is 9.72. The molecule has 0 aliphatic heterocycles. The Morgan fingerprint density at radius 3 is 1.55 bits per heavy atom. The molecule has 0 aliphatic carbocycles. The average molecular weight is 503 g/mol. The normalized spacial score (nSPS) is 10.9. The summed E-state index contributed by atoms with van der Waals surface area (Å²) in [4.78, 5) is 9.49. The van der Waals surface area contributed by atoms with Crippen LogP contribution in [0.3, 0.4) is 0 Å². The van der Waals surface area contributed by atoms with E-state index in [-0.39, 0.29) is 0 Å². The summed E-state index contributed by atoms with van der Waals surface area (Å²) in [6.45, 7) is 17.2. The van der Waals surface area contributed by atoms with Crippen molar-refractivity contribution in [3.63, 3.8) is 0 Å². The minimum absolute atomic E-state index is 0.625. The van der Waals surface area contributed by atoms with E-state index in [1.165, 1.54) is 40.4 Å². The second kappa shape index (κ2) is 11.5. The predicted molar refractivity (Wildman–Crippen MR) is 150 cm³/mol. The van der Waals surface area contributed by atoms with Gasteiger partial charge in [-0.15, -0.1) is 34.0 Å². The van der Waals surface area contributed by atoms with E-state index >= 15 is 0 Å². The Labute approximate surface area is 205 Å². The Balaban J connectivity index is 2.00. The SMILES string of the molecule is C=CSC(=C)c1cc(CCN)c(-c2ccc(-c3sc(C(=C)SC=C)cc3CCN)s2)s1. The maximum absolute atomic E-state index is 5.89. The van der Waals surface area contributed by atoms with Gasteiger partial charge in [0.1, 0.15) is 0 Å². The molecule has 2 nitrogen and oxygen atoms in total. The number of hydrogen-bond acceptors (Lipinski definition) is 7. The van der Waals surface area contributed by atoms with Gasteiger partial charge in [0.25, 0.3) is 0 Å². The summed E-state index contributed by atoms with van der Waals surface area (Å²) in [5.41, 5.74) is 14.4. The van der Waals surface area contributed by atoms with Crippen LogP contribution in [0.4, 0.5) is 0 Å². The molecule has 3 aromatic heterocycles. The van der Waals surface area contributed by atoms with Crippen LogP contribution in [0, 0.1) is 0 Å². The zero-order valence-corrected chi connectivity index (χ0v) is 21.4. The van der Waals surface area contributed by atoms with Gasteiger partial charge in [0, 0.05) is 39.1 Å². The lowest BCUT2D eigenvalue weighted by Gasteiger charge is -2.00. The van der Waals surface area contributed by atoms with Crippen LogP contribution in [0.5, 0.6) is 0 Å². The van der Waals surface area contributed by atoms with Gasteiger partial charge < -0.3 is 11.5 Å². The van der Waals surface area contributed by atoms with Gasteiger partial charge in [-0.25, -0.2) is 0 Å². The minimum atomic E-state index is 0.625. The second-order valence-corrected chi connectivity index (χ2v) is 11.9. The summed E-state index contributed by atoms with van der Waals surface area (Å²) < 4.78 is 0. The van der Waals surface area contributed by atoms with Gasteiger partial charge in [-0.1, -0.05) is 49.8 Å². The second-order valence-electron chi connectivity index (χ2n) is 6.59. The van der Waals surface area contributed by atoms with E-state index in [1.807, 2.05) is 22.2 Å². The van der Waals surface area contributed by atoms with Gasteiger partial charge in [-0.2, -0.15) is 0 Å². The first-order chi connectivity index (χ1) is 15.0. The van der Waals surface area contributed by atoms with E-state index in [0.29, 0.717) is 13.1 Å². The van der Waals surface area contributed by atoms with Crippen LogP contribution in [0.25, 0.3) is 29.3 Å². The molecular weight excluding hydrogens is 477 g/mol. The molecule has 3 heterocycles. The molecule has 7 heteroatoms. The fourth-order valence-electron chi connectivity index (χ4n) is 3.13. The van der Waals surface area contributed by atoms with Crippen LogP contribution in [0.15, 0.2) is 61.4 Å². The standard InChI is InChI=1S/C24H26N2S5/c1-5-27-15(3)21-13-17(9-11-25)23(30-21)19-7-8-20(29-19)24-18(10-12-26)14-22(31-24)16(4)28-6-2/h5-8,13-14H,1-4,9-12,25-26H2. The average Bonchev–Trinajstić information content (AvgIpc) is 3.46. The van der Waals surface area contributed by atoms with Crippen molar-refractivity contribution in [1.82, 2.24) is 0 Å². The molecule has 3 rings (SSSR count). The third kappa shape index (κ3) is 5.73. The maximum Gasteiger partial charge on any atom is 0.0482 e. The van der Waals surface area contributed by atoms with Crippen molar-refractivity contribution in [1.29, 1.82) is 0 Å². The van der Waals surface area contributed by atoms with Gasteiger partial charge >= 0.3 is 0 Å². The van der Waals surface area contributed by atoms with Crippen molar-refractivity contribution < 1.29 is 0 Å². The molecule has 0 amide bonds. The topological polar surface area (TPSA) is 52.0 Å². The Morgan fingerprint density at radius 1 is 0.774 bits per heavy atom. The van der Waals surface area contributed by atoms with Crippen LogP contribution < -0.4 is 11.5 Å². The van der Waals surface area contributed by atoms with E-state index in [1.54, 1.807) is 46.2 Å². The van der Waals surface area contributed by atoms with Crippen LogP contribution >= 0.6 is 57.5 Å². The Kier molecular flexibility index (Phi) is 9.04. The molecule has 0 bridgehead atoms. The maximum atomic E-state index is 5.89. The van der Waals surface area contributed by atoms with Crippen LogP contribution in [-0.4, -0.2) is 13.1 Å². The molecule has 0 radical (unpaired) electrons. The number of hydrogen-bond donors (Lipinski definition) is 2. The van der Waals surface area contributed by atoms with Crippen molar-refractivity contribution in [3.8, 4) is 19.5 Å². The fraction of sp³-hybridized carbons (Fsp3) is 0.167. The molecular formula is C24H26N2S5. The van der Waals surface area contributed by atoms with E-state index in [4.69, 9.17) is 11.5 Å². The highest BCUT2D eigenvalue weighted by atomic mass is 32.2. The Morgan fingerprint density at radius 2 is 1.19 bits per heavy atom. The number of thiophene rings is 3. The highest BCUT2D eigenvalue weighted by molar-refractivity contribution is 8.11. The van der Waals surface area contributed by atoms with E-state index in [2.05, 4.69) is 50.6 Å². The van der Waals surface area contributed by atoms with Gasteiger partial charge in [0.15, 0.2) is 0 Å². The van der Waals surface area contributed by atoms with Gasteiger partial charge in [-0.3, -0.25) is 0 Å². The largest absolute Gasteiger partial charge is 0.330 e. The van der Waals surface area contributed by atoms with Gasteiger partial charge in [0.05, 0.1) is 0 Å². The highest BCUT2D eigenvalue weighted by Crippen LogP contribution is 2.46. The highest BCUT2D eigenvalue weighted by Gasteiger charge is 2.18. The summed E-state index contributed by atoms with van der Waals surface area (Å²) in [5.74, 6) is 0. The molecule has 31 heavy (non-hydrogen) atoms. The van der Waals surface area contributed by atoms with Crippen molar-refractivity contribution in [2.24, 2.45) is 11.5 Å². The molecule has 0 aliphatic rings. The molecule has 0 atom stereocenters. The van der Waals surface area contributed by atoms with E-state index in [0.717, 1.165) is 22.7 Å². The summed E-state index contributed by atoms with van der Waals surface area (Å²) in [7, 11) is 0. The molecule has 162 valence electrons. The Bertz CT molecular complexity index is 1010. The quantitative estimate of drug-likeness (QED) is 0.264. The van der Waals surface area contributed by atoms with E-state index < -0.39 is 0 Å². The Hall–Kier alpha value is -1.32. The number of nitrogens with two attached hydrogens (primary N) is 2. The monoisotopic (exact) mass is 502 g/mol. The molecule has 0 fully saturated rings. The lowest BCUT2D eigenvalue weighted by atomic mass is 10.1. The molecule has 4 N–H and O–H groups in total. The zero-order valence-electron chi connectivity index (χ0n) is 17.3. The lowest BCUT2D eigenvalue weighted by molar-refractivity contribution is 0.976. The van der Waals surface area contributed by atoms with Gasteiger partial charge in [0.2, 0.25) is 0 Å². The lowest BCUT2D eigenvalue weighted by Crippen LogP contribution is -2.02. The van der Waals surface area contributed by atoms with Crippen molar-refractivity contribution in [3.05, 3.63) is 82.3 Å². The molecule has 0 saturated heterocycles. The molecule has 0 aromatic carbocycles. The predicted octanol–water partition coefficient (Wildman–Crippen LogP) is 7.90. The summed E-state index contributed by atoms with van der Waals surface area (Å²) in [5, 5.41) is 3.64.